The predicted molar refractivity (Wildman–Crippen MR) is 124 cm³/mol. The van der Waals surface area contributed by atoms with Crippen LogP contribution in [0.1, 0.15) is 41.4 Å². The lowest BCUT2D eigenvalue weighted by molar-refractivity contribution is -0.115. The van der Waals surface area contributed by atoms with Gasteiger partial charge in [-0.1, -0.05) is 24.3 Å². The molecule has 0 radical (unpaired) electrons. The van der Waals surface area contributed by atoms with Crippen molar-refractivity contribution in [2.24, 2.45) is 0 Å². The van der Waals surface area contributed by atoms with Crippen molar-refractivity contribution in [1.82, 2.24) is 10.3 Å². The van der Waals surface area contributed by atoms with Gasteiger partial charge in [-0.3, -0.25) is 4.79 Å². The number of carbonyl (C=O) groups is 2. The SMILES string of the molecule is COc1ccnc(C(=O)N[C@](C)(C=O)CO[C@H](C)C(c2ccc(F)cc2)c2ccc(F)cc2)c1O. The average Bonchev–Trinajstić information content (AvgIpc) is 2.85. The number of nitrogens with one attached hydrogen (secondary N) is 1. The molecule has 0 aliphatic heterocycles. The van der Waals surface area contributed by atoms with Crippen LogP contribution in [0.4, 0.5) is 8.78 Å². The topological polar surface area (TPSA) is 97.8 Å². The van der Waals surface area contributed by atoms with Crippen LogP contribution in [0.2, 0.25) is 0 Å². The zero-order valence-electron chi connectivity index (χ0n) is 19.5. The van der Waals surface area contributed by atoms with E-state index in [0.29, 0.717) is 6.29 Å². The summed E-state index contributed by atoms with van der Waals surface area (Å²) < 4.78 is 38.0. The Morgan fingerprint density at radius 3 is 2.11 bits per heavy atom. The number of aromatic hydroxyl groups is 1. The van der Waals surface area contributed by atoms with Gasteiger partial charge in [-0.25, -0.2) is 13.8 Å². The van der Waals surface area contributed by atoms with Crippen molar-refractivity contribution in [3.63, 3.8) is 0 Å². The fourth-order valence-electron chi connectivity index (χ4n) is 3.66. The van der Waals surface area contributed by atoms with Crippen LogP contribution in [0.5, 0.6) is 11.5 Å². The molecular weight excluding hydrogens is 458 g/mol. The number of hydrogen-bond acceptors (Lipinski definition) is 6. The summed E-state index contributed by atoms with van der Waals surface area (Å²) in [6, 6.07) is 13.1. The van der Waals surface area contributed by atoms with Crippen molar-refractivity contribution in [2.75, 3.05) is 13.7 Å². The Labute approximate surface area is 201 Å². The number of methoxy groups -OCH3 is 1. The maximum atomic E-state index is 13.5. The lowest BCUT2D eigenvalue weighted by atomic mass is 9.87. The van der Waals surface area contributed by atoms with Crippen molar-refractivity contribution >= 4 is 12.2 Å². The van der Waals surface area contributed by atoms with Gasteiger partial charge in [-0.05, 0) is 49.2 Å². The number of halogens is 2. The monoisotopic (exact) mass is 484 g/mol. The van der Waals surface area contributed by atoms with E-state index in [2.05, 4.69) is 10.3 Å². The lowest BCUT2D eigenvalue weighted by Crippen LogP contribution is -2.51. The molecular formula is C26H26F2N2O5. The number of hydrogen-bond donors (Lipinski definition) is 2. The van der Waals surface area contributed by atoms with Gasteiger partial charge in [0.1, 0.15) is 23.5 Å². The third-order valence-corrected chi connectivity index (χ3v) is 5.56. The highest BCUT2D eigenvalue weighted by molar-refractivity contribution is 5.97. The first kappa shape index (κ1) is 25.8. The Bertz CT molecular complexity index is 1130. The van der Waals surface area contributed by atoms with Gasteiger partial charge in [0.25, 0.3) is 5.91 Å². The molecule has 0 saturated carbocycles. The molecule has 2 atom stereocenters. The highest BCUT2D eigenvalue weighted by Crippen LogP contribution is 2.31. The second-order valence-corrected chi connectivity index (χ2v) is 8.30. The van der Waals surface area contributed by atoms with Gasteiger partial charge in [0, 0.05) is 18.2 Å². The average molecular weight is 484 g/mol. The first-order valence-electron chi connectivity index (χ1n) is 10.8. The smallest absolute Gasteiger partial charge is 0.274 e. The van der Waals surface area contributed by atoms with E-state index >= 15 is 0 Å². The van der Waals surface area contributed by atoms with Crippen LogP contribution in [0.3, 0.4) is 0 Å². The highest BCUT2D eigenvalue weighted by Gasteiger charge is 2.32. The Morgan fingerprint density at radius 1 is 1.09 bits per heavy atom. The number of amides is 1. The molecule has 0 aliphatic rings. The molecule has 0 aliphatic carbocycles. The van der Waals surface area contributed by atoms with Crippen molar-refractivity contribution < 1.29 is 33.0 Å². The molecule has 35 heavy (non-hydrogen) atoms. The summed E-state index contributed by atoms with van der Waals surface area (Å²) >= 11 is 0. The van der Waals surface area contributed by atoms with E-state index in [9.17, 15) is 23.5 Å². The summed E-state index contributed by atoms with van der Waals surface area (Å²) in [7, 11) is 1.33. The number of pyridine rings is 1. The van der Waals surface area contributed by atoms with E-state index in [-0.39, 0.29) is 18.1 Å². The quantitative estimate of drug-likeness (QED) is 0.422. The number of carbonyl (C=O) groups excluding carboxylic acids is 2. The number of aromatic nitrogens is 1. The summed E-state index contributed by atoms with van der Waals surface area (Å²) in [5.74, 6) is -2.39. The van der Waals surface area contributed by atoms with Crippen molar-refractivity contribution in [2.45, 2.75) is 31.4 Å². The van der Waals surface area contributed by atoms with E-state index in [1.165, 1.54) is 50.6 Å². The van der Waals surface area contributed by atoms with Crippen molar-refractivity contribution in [3.8, 4) is 11.5 Å². The zero-order valence-corrected chi connectivity index (χ0v) is 19.5. The molecule has 1 aromatic heterocycles. The Hall–Kier alpha value is -3.85. The molecule has 2 aromatic carbocycles. The van der Waals surface area contributed by atoms with Crippen LogP contribution in [-0.4, -0.2) is 47.6 Å². The number of ether oxygens (including phenoxy) is 2. The molecule has 0 saturated heterocycles. The van der Waals surface area contributed by atoms with Gasteiger partial charge >= 0.3 is 0 Å². The first-order chi connectivity index (χ1) is 16.7. The molecule has 3 rings (SSSR count). The van der Waals surface area contributed by atoms with Crippen molar-refractivity contribution in [3.05, 3.63) is 89.2 Å². The first-order valence-corrected chi connectivity index (χ1v) is 10.8. The lowest BCUT2D eigenvalue weighted by Gasteiger charge is -2.30. The molecule has 0 bridgehead atoms. The van der Waals surface area contributed by atoms with Gasteiger partial charge in [0.05, 0.1) is 19.8 Å². The minimum atomic E-state index is -1.46. The number of benzene rings is 2. The summed E-state index contributed by atoms with van der Waals surface area (Å²) in [6.45, 7) is 3.01. The van der Waals surface area contributed by atoms with Crippen molar-refractivity contribution in [1.29, 1.82) is 0 Å². The predicted octanol–water partition coefficient (Wildman–Crippen LogP) is 4.00. The number of nitrogens with zero attached hydrogens (tertiary/aromatic N) is 1. The molecule has 0 fully saturated rings. The molecule has 184 valence electrons. The van der Waals surface area contributed by atoms with Gasteiger partial charge < -0.3 is 24.7 Å². The van der Waals surface area contributed by atoms with Crippen LogP contribution in [-0.2, 0) is 9.53 Å². The largest absolute Gasteiger partial charge is 0.503 e. The van der Waals surface area contributed by atoms with Gasteiger partial charge in [-0.2, -0.15) is 0 Å². The summed E-state index contributed by atoms with van der Waals surface area (Å²) in [4.78, 5) is 28.5. The van der Waals surface area contributed by atoms with Crippen LogP contribution < -0.4 is 10.1 Å². The summed E-state index contributed by atoms with van der Waals surface area (Å²) in [5, 5.41) is 12.7. The molecule has 1 amide bonds. The Morgan fingerprint density at radius 2 is 1.63 bits per heavy atom. The normalized spacial score (nSPS) is 13.7. The molecule has 2 N–H and O–H groups in total. The molecule has 3 aromatic rings. The van der Waals surface area contributed by atoms with Crippen LogP contribution >= 0.6 is 0 Å². The van der Waals surface area contributed by atoms with E-state index in [4.69, 9.17) is 9.47 Å². The van der Waals surface area contributed by atoms with E-state index in [1.807, 2.05) is 0 Å². The number of rotatable bonds is 10. The number of aldehydes is 1. The fraction of sp³-hybridized carbons (Fsp3) is 0.269. The Balaban J connectivity index is 1.79. The molecule has 9 heteroatoms. The van der Waals surface area contributed by atoms with E-state index < -0.39 is 40.9 Å². The van der Waals surface area contributed by atoms with Crippen LogP contribution in [0.15, 0.2) is 60.8 Å². The molecule has 0 spiro atoms. The minimum Gasteiger partial charge on any atom is -0.503 e. The van der Waals surface area contributed by atoms with Gasteiger partial charge in [0.15, 0.2) is 17.2 Å². The maximum absolute atomic E-state index is 13.5. The summed E-state index contributed by atoms with van der Waals surface area (Å²) in [6.07, 6.45) is 1.27. The Kier molecular flexibility index (Phi) is 8.14. The summed E-state index contributed by atoms with van der Waals surface area (Å²) in [5.41, 5.74) is -0.305. The fourth-order valence-corrected chi connectivity index (χ4v) is 3.66. The third-order valence-electron chi connectivity index (χ3n) is 5.56. The zero-order chi connectivity index (χ0) is 25.6. The minimum absolute atomic E-state index is 0.0595. The second kappa shape index (κ2) is 11.1. The second-order valence-electron chi connectivity index (χ2n) is 8.30. The van der Waals surface area contributed by atoms with E-state index in [0.717, 1.165) is 11.1 Å². The highest BCUT2D eigenvalue weighted by atomic mass is 19.1. The van der Waals surface area contributed by atoms with Crippen LogP contribution in [0, 0.1) is 11.6 Å². The van der Waals surface area contributed by atoms with Gasteiger partial charge in [-0.15, -0.1) is 0 Å². The standard InChI is InChI=1S/C26H26F2N2O5/c1-16(22(17-4-8-19(27)9-5-17)18-6-10-20(28)11-7-18)35-15-26(2,14-31)30-25(33)23-24(32)21(34-3)12-13-29-23/h4-14,16,22,32H,15H2,1-3H3,(H,30,33)/t16-,26-/m1/s1. The third kappa shape index (κ3) is 6.19. The molecule has 7 nitrogen and oxygen atoms in total. The van der Waals surface area contributed by atoms with Crippen LogP contribution in [0.25, 0.3) is 0 Å². The molecule has 0 unspecified atom stereocenters. The molecule has 1 heterocycles. The van der Waals surface area contributed by atoms with E-state index in [1.54, 1.807) is 31.2 Å². The van der Waals surface area contributed by atoms with Gasteiger partial charge in [0.2, 0.25) is 0 Å². The maximum Gasteiger partial charge on any atom is 0.274 e.